The lowest BCUT2D eigenvalue weighted by Gasteiger charge is -2.22. The Morgan fingerprint density at radius 3 is 2.53 bits per heavy atom. The molecule has 104 valence electrons. The van der Waals surface area contributed by atoms with Crippen molar-refractivity contribution in [3.05, 3.63) is 34.4 Å². The number of benzene rings is 1. The first-order chi connectivity index (χ1) is 8.99. The molecule has 0 bridgehead atoms. The van der Waals surface area contributed by atoms with Crippen LogP contribution in [0.15, 0.2) is 29.2 Å². The average molecular weight is 284 g/mol. The number of non-ortho nitro benzene ring substituents is 1. The Bertz CT molecular complexity index is 565. The minimum atomic E-state index is -3.67. The molecule has 0 unspecified atom stereocenters. The zero-order valence-electron chi connectivity index (χ0n) is 10.4. The number of nitro benzene ring substituents is 1. The summed E-state index contributed by atoms with van der Waals surface area (Å²) in [5, 5.41) is 10.7. The molecule has 0 aromatic heterocycles. The van der Waals surface area contributed by atoms with Crippen LogP contribution in [0, 0.1) is 10.1 Å². The Balaban J connectivity index is 2.18. The second-order valence-corrected chi connectivity index (χ2v) is 6.42. The lowest BCUT2D eigenvalue weighted by Crippen LogP contribution is -2.36. The van der Waals surface area contributed by atoms with Crippen LogP contribution in [0.4, 0.5) is 5.69 Å². The monoisotopic (exact) mass is 284 g/mol. The van der Waals surface area contributed by atoms with Gasteiger partial charge >= 0.3 is 0 Å². The first kappa shape index (κ1) is 14.0. The summed E-state index contributed by atoms with van der Waals surface area (Å²) in [6.45, 7) is 0. The van der Waals surface area contributed by atoms with Crippen molar-refractivity contribution >= 4 is 15.7 Å². The minimum absolute atomic E-state index is 0.0488. The third-order valence-corrected chi connectivity index (χ3v) is 4.78. The maximum absolute atomic E-state index is 12.1. The molecule has 0 saturated heterocycles. The molecule has 6 nitrogen and oxygen atoms in total. The number of nitrogens with one attached hydrogen (secondary N) is 1. The third kappa shape index (κ3) is 3.51. The largest absolute Gasteiger partial charge is 0.270 e. The standard InChI is InChI=1S/C12H16N2O4S/c15-14(16)11-7-4-8-12(9-11)19(17,18)13-10-5-2-1-3-6-10/h4,7-10,13H,1-3,5-6H2. The highest BCUT2D eigenvalue weighted by atomic mass is 32.2. The smallest absolute Gasteiger partial charge is 0.258 e. The number of nitro groups is 1. The molecule has 0 radical (unpaired) electrons. The van der Waals surface area contributed by atoms with Gasteiger partial charge in [0.25, 0.3) is 5.69 Å². The van der Waals surface area contributed by atoms with Gasteiger partial charge < -0.3 is 0 Å². The minimum Gasteiger partial charge on any atom is -0.258 e. The molecule has 1 saturated carbocycles. The Morgan fingerprint density at radius 2 is 1.89 bits per heavy atom. The summed E-state index contributed by atoms with van der Waals surface area (Å²) < 4.78 is 26.9. The number of hydrogen-bond donors (Lipinski definition) is 1. The Morgan fingerprint density at radius 1 is 1.21 bits per heavy atom. The third-order valence-electron chi connectivity index (χ3n) is 3.27. The van der Waals surface area contributed by atoms with Gasteiger partial charge in [-0.25, -0.2) is 13.1 Å². The van der Waals surface area contributed by atoms with Gasteiger partial charge in [0.05, 0.1) is 9.82 Å². The number of sulfonamides is 1. The van der Waals surface area contributed by atoms with Gasteiger partial charge in [-0.2, -0.15) is 0 Å². The van der Waals surface area contributed by atoms with E-state index in [-0.39, 0.29) is 16.6 Å². The van der Waals surface area contributed by atoms with Crippen LogP contribution in [-0.2, 0) is 10.0 Å². The maximum Gasteiger partial charge on any atom is 0.270 e. The molecule has 0 amide bonds. The lowest BCUT2D eigenvalue weighted by atomic mass is 9.96. The summed E-state index contributed by atoms with van der Waals surface area (Å²) in [6, 6.07) is 5.06. The molecule has 7 heteroatoms. The summed E-state index contributed by atoms with van der Waals surface area (Å²) in [7, 11) is -3.67. The molecular formula is C12H16N2O4S. The van der Waals surface area contributed by atoms with E-state index in [0.29, 0.717) is 0 Å². The molecule has 0 heterocycles. The predicted octanol–water partition coefficient (Wildman–Crippen LogP) is 2.21. The van der Waals surface area contributed by atoms with Crippen molar-refractivity contribution in [2.24, 2.45) is 0 Å². The van der Waals surface area contributed by atoms with Crippen molar-refractivity contribution in [3.63, 3.8) is 0 Å². The summed E-state index contributed by atoms with van der Waals surface area (Å²) in [4.78, 5) is 10.0. The van der Waals surface area contributed by atoms with Crippen molar-refractivity contribution in [1.82, 2.24) is 4.72 Å². The summed E-state index contributed by atoms with van der Waals surface area (Å²) in [6.07, 6.45) is 4.82. The molecule has 1 N–H and O–H groups in total. The quantitative estimate of drug-likeness (QED) is 0.678. The summed E-state index contributed by atoms with van der Waals surface area (Å²) in [5.41, 5.74) is -0.216. The second-order valence-electron chi connectivity index (χ2n) is 4.71. The van der Waals surface area contributed by atoms with Crippen LogP contribution in [0.25, 0.3) is 0 Å². The first-order valence-electron chi connectivity index (χ1n) is 6.26. The van der Waals surface area contributed by atoms with Gasteiger partial charge in [-0.1, -0.05) is 25.3 Å². The molecule has 1 aromatic rings. The van der Waals surface area contributed by atoms with E-state index in [1.165, 1.54) is 18.2 Å². The van der Waals surface area contributed by atoms with Crippen molar-refractivity contribution in [3.8, 4) is 0 Å². The predicted molar refractivity (Wildman–Crippen MR) is 70.3 cm³/mol. The highest BCUT2D eigenvalue weighted by Crippen LogP contribution is 2.21. The Kier molecular flexibility index (Phi) is 4.16. The van der Waals surface area contributed by atoms with E-state index < -0.39 is 14.9 Å². The SMILES string of the molecule is O=[N+]([O-])c1cccc(S(=O)(=O)NC2CCCCC2)c1. The fourth-order valence-corrected chi connectivity index (χ4v) is 3.62. The number of nitrogens with zero attached hydrogens (tertiary/aromatic N) is 1. The van der Waals surface area contributed by atoms with E-state index in [4.69, 9.17) is 0 Å². The van der Waals surface area contributed by atoms with Crippen LogP contribution in [0.3, 0.4) is 0 Å². The van der Waals surface area contributed by atoms with Crippen LogP contribution in [0.5, 0.6) is 0 Å². The maximum atomic E-state index is 12.1. The van der Waals surface area contributed by atoms with Crippen LogP contribution >= 0.6 is 0 Å². The van der Waals surface area contributed by atoms with Gasteiger partial charge in [-0.15, -0.1) is 0 Å². The van der Waals surface area contributed by atoms with Gasteiger partial charge in [-0.3, -0.25) is 10.1 Å². The topological polar surface area (TPSA) is 89.3 Å². The van der Waals surface area contributed by atoms with Crippen LogP contribution in [0.2, 0.25) is 0 Å². The van der Waals surface area contributed by atoms with E-state index in [1.807, 2.05) is 0 Å². The van der Waals surface area contributed by atoms with Gasteiger partial charge in [0.15, 0.2) is 0 Å². The highest BCUT2D eigenvalue weighted by molar-refractivity contribution is 7.89. The fourth-order valence-electron chi connectivity index (χ4n) is 2.27. The molecule has 1 fully saturated rings. The van der Waals surface area contributed by atoms with Crippen molar-refractivity contribution in [1.29, 1.82) is 0 Å². The van der Waals surface area contributed by atoms with E-state index in [0.717, 1.165) is 38.2 Å². The van der Waals surface area contributed by atoms with E-state index in [1.54, 1.807) is 0 Å². The van der Waals surface area contributed by atoms with Gasteiger partial charge in [0.2, 0.25) is 10.0 Å². The molecule has 1 aliphatic carbocycles. The van der Waals surface area contributed by atoms with E-state index >= 15 is 0 Å². The number of hydrogen-bond acceptors (Lipinski definition) is 4. The van der Waals surface area contributed by atoms with E-state index in [2.05, 4.69) is 4.72 Å². The summed E-state index contributed by atoms with van der Waals surface area (Å²) >= 11 is 0. The van der Waals surface area contributed by atoms with Crippen LogP contribution in [0.1, 0.15) is 32.1 Å². The lowest BCUT2D eigenvalue weighted by molar-refractivity contribution is -0.385. The van der Waals surface area contributed by atoms with E-state index in [9.17, 15) is 18.5 Å². The molecule has 0 aliphatic heterocycles. The van der Waals surface area contributed by atoms with Gasteiger partial charge in [0, 0.05) is 18.2 Å². The zero-order valence-corrected chi connectivity index (χ0v) is 11.2. The second kappa shape index (κ2) is 5.66. The molecule has 1 aromatic carbocycles. The molecular weight excluding hydrogens is 268 g/mol. The van der Waals surface area contributed by atoms with Crippen LogP contribution in [-0.4, -0.2) is 19.4 Å². The van der Waals surface area contributed by atoms with Crippen molar-refractivity contribution < 1.29 is 13.3 Å². The van der Waals surface area contributed by atoms with Crippen molar-refractivity contribution in [2.75, 3.05) is 0 Å². The zero-order chi connectivity index (χ0) is 13.9. The number of rotatable bonds is 4. The fraction of sp³-hybridized carbons (Fsp3) is 0.500. The van der Waals surface area contributed by atoms with Crippen molar-refractivity contribution in [2.45, 2.75) is 43.0 Å². The molecule has 2 rings (SSSR count). The Labute approximate surface area is 112 Å². The first-order valence-corrected chi connectivity index (χ1v) is 7.74. The molecule has 1 aliphatic rings. The normalized spacial score (nSPS) is 17.3. The highest BCUT2D eigenvalue weighted by Gasteiger charge is 2.23. The van der Waals surface area contributed by atoms with Crippen LogP contribution < -0.4 is 4.72 Å². The average Bonchev–Trinajstić information content (AvgIpc) is 2.39. The molecule has 0 atom stereocenters. The molecule has 0 spiro atoms. The summed E-state index contributed by atoms with van der Waals surface area (Å²) in [5.74, 6) is 0. The van der Waals surface area contributed by atoms with Gasteiger partial charge in [0.1, 0.15) is 0 Å². The van der Waals surface area contributed by atoms with Gasteiger partial charge in [-0.05, 0) is 18.9 Å². The molecule has 19 heavy (non-hydrogen) atoms. The Hall–Kier alpha value is -1.47.